The van der Waals surface area contributed by atoms with E-state index < -0.39 is 0 Å². The normalized spacial score (nSPS) is 18.4. The van der Waals surface area contributed by atoms with E-state index in [1.54, 1.807) is 0 Å². The third kappa shape index (κ3) is 3.48. The van der Waals surface area contributed by atoms with Crippen LogP contribution >= 0.6 is 12.4 Å². The van der Waals surface area contributed by atoms with Crippen molar-refractivity contribution in [2.45, 2.75) is 45.3 Å². The van der Waals surface area contributed by atoms with Gasteiger partial charge in [0.15, 0.2) is 0 Å². The Kier molecular flexibility index (Phi) is 4.48. The van der Waals surface area contributed by atoms with Gasteiger partial charge in [0.2, 0.25) is 0 Å². The molecule has 0 saturated heterocycles. The number of fused-ring (bicyclic) bond motifs is 1. The summed E-state index contributed by atoms with van der Waals surface area (Å²) in [5.41, 5.74) is 3.37. The molecule has 1 aromatic carbocycles. The molecular formula is C15H21ClN2O. The monoisotopic (exact) mass is 280 g/mol. The predicted molar refractivity (Wildman–Crippen MR) is 78.5 cm³/mol. The van der Waals surface area contributed by atoms with Gasteiger partial charge in [-0.1, -0.05) is 18.9 Å². The lowest BCUT2D eigenvalue weighted by Crippen LogP contribution is -2.32. The van der Waals surface area contributed by atoms with Crippen LogP contribution in [0.2, 0.25) is 0 Å². The van der Waals surface area contributed by atoms with Gasteiger partial charge in [-0.3, -0.25) is 4.79 Å². The first kappa shape index (κ1) is 14.4. The molecule has 1 heterocycles. The fourth-order valence-electron chi connectivity index (χ4n) is 2.66. The predicted octanol–water partition coefficient (Wildman–Crippen LogP) is 2.63. The van der Waals surface area contributed by atoms with Gasteiger partial charge >= 0.3 is 0 Å². The Hall–Kier alpha value is -1.06. The van der Waals surface area contributed by atoms with E-state index in [1.165, 1.54) is 24.0 Å². The molecule has 1 saturated carbocycles. The van der Waals surface area contributed by atoms with E-state index >= 15 is 0 Å². The van der Waals surface area contributed by atoms with Crippen LogP contribution in [0.25, 0.3) is 0 Å². The van der Waals surface area contributed by atoms with Gasteiger partial charge in [0.05, 0.1) is 0 Å². The van der Waals surface area contributed by atoms with Crippen LogP contribution in [0.15, 0.2) is 18.2 Å². The molecule has 0 spiro atoms. The Labute approximate surface area is 120 Å². The molecular weight excluding hydrogens is 260 g/mol. The highest BCUT2D eigenvalue weighted by Crippen LogP contribution is 2.33. The van der Waals surface area contributed by atoms with E-state index in [0.29, 0.717) is 0 Å². The number of carbonyl (C=O) groups excluding carboxylic acids is 1. The van der Waals surface area contributed by atoms with Crippen molar-refractivity contribution in [2.75, 3.05) is 0 Å². The molecule has 1 aliphatic carbocycles. The largest absolute Gasteiger partial charge is 0.350 e. The highest BCUT2D eigenvalue weighted by atomic mass is 35.5. The second-order valence-corrected chi connectivity index (χ2v) is 5.64. The van der Waals surface area contributed by atoms with Crippen molar-refractivity contribution in [3.8, 4) is 0 Å². The molecule has 2 aliphatic rings. The van der Waals surface area contributed by atoms with Crippen LogP contribution in [0.5, 0.6) is 0 Å². The minimum Gasteiger partial charge on any atom is -0.350 e. The summed E-state index contributed by atoms with van der Waals surface area (Å²) in [5.74, 6) is 0.919. The summed E-state index contributed by atoms with van der Waals surface area (Å²) in [6.07, 6.45) is 3.80. The molecule has 0 radical (unpaired) electrons. The average molecular weight is 281 g/mol. The van der Waals surface area contributed by atoms with E-state index in [4.69, 9.17) is 0 Å². The van der Waals surface area contributed by atoms with Crippen molar-refractivity contribution < 1.29 is 4.79 Å². The highest BCUT2D eigenvalue weighted by molar-refractivity contribution is 5.94. The standard InChI is InChI=1S/C15H20N2O.ClH/c1-10(6-11-2-3-11)17-15(18)12-4-5-13-8-16-9-14(13)7-12;/h4-5,7,10-11,16H,2-3,6,8-9H2,1H3,(H,17,18);1H. The van der Waals surface area contributed by atoms with Crippen LogP contribution in [0.4, 0.5) is 0 Å². The second-order valence-electron chi connectivity index (χ2n) is 5.64. The molecule has 0 bridgehead atoms. The van der Waals surface area contributed by atoms with Crippen LogP contribution in [-0.4, -0.2) is 11.9 Å². The van der Waals surface area contributed by atoms with Crippen LogP contribution in [-0.2, 0) is 13.1 Å². The van der Waals surface area contributed by atoms with Gasteiger partial charge in [-0.05, 0) is 42.5 Å². The molecule has 1 aliphatic heterocycles. The van der Waals surface area contributed by atoms with Gasteiger partial charge in [0, 0.05) is 24.7 Å². The zero-order valence-corrected chi connectivity index (χ0v) is 12.1. The van der Waals surface area contributed by atoms with Gasteiger partial charge in [-0.25, -0.2) is 0 Å². The van der Waals surface area contributed by atoms with Crippen molar-refractivity contribution in [2.24, 2.45) is 5.92 Å². The van der Waals surface area contributed by atoms with Crippen molar-refractivity contribution in [1.29, 1.82) is 0 Å². The van der Waals surface area contributed by atoms with Crippen molar-refractivity contribution in [3.05, 3.63) is 34.9 Å². The first-order chi connectivity index (χ1) is 8.72. The Bertz CT molecular complexity index is 471. The Morgan fingerprint density at radius 3 is 2.84 bits per heavy atom. The maximum absolute atomic E-state index is 12.1. The zero-order valence-electron chi connectivity index (χ0n) is 11.2. The second kappa shape index (κ2) is 5.93. The van der Waals surface area contributed by atoms with Gasteiger partial charge in [0.1, 0.15) is 0 Å². The summed E-state index contributed by atoms with van der Waals surface area (Å²) >= 11 is 0. The highest BCUT2D eigenvalue weighted by Gasteiger charge is 2.24. The van der Waals surface area contributed by atoms with Crippen molar-refractivity contribution in [3.63, 3.8) is 0 Å². The number of nitrogens with one attached hydrogen (secondary N) is 2. The molecule has 1 unspecified atom stereocenters. The first-order valence-electron chi connectivity index (χ1n) is 6.86. The molecule has 3 rings (SSSR count). The van der Waals surface area contributed by atoms with Gasteiger partial charge in [-0.15, -0.1) is 12.4 Å². The lowest BCUT2D eigenvalue weighted by molar-refractivity contribution is 0.0937. The van der Waals surface area contributed by atoms with E-state index in [-0.39, 0.29) is 24.4 Å². The SMILES string of the molecule is CC(CC1CC1)NC(=O)c1ccc2c(c1)CNC2.Cl. The molecule has 19 heavy (non-hydrogen) atoms. The van der Waals surface area contributed by atoms with Crippen LogP contribution in [0, 0.1) is 5.92 Å². The smallest absolute Gasteiger partial charge is 0.251 e. The van der Waals surface area contributed by atoms with Crippen LogP contribution < -0.4 is 10.6 Å². The first-order valence-corrected chi connectivity index (χ1v) is 6.86. The maximum atomic E-state index is 12.1. The van der Waals surface area contributed by atoms with Crippen molar-refractivity contribution in [1.82, 2.24) is 10.6 Å². The molecule has 2 N–H and O–H groups in total. The van der Waals surface area contributed by atoms with E-state index in [0.717, 1.165) is 31.0 Å². The lowest BCUT2D eigenvalue weighted by atomic mass is 10.1. The molecule has 1 aromatic rings. The van der Waals surface area contributed by atoms with Crippen molar-refractivity contribution >= 4 is 18.3 Å². The van der Waals surface area contributed by atoms with Gasteiger partial charge < -0.3 is 10.6 Å². The number of hydrogen-bond acceptors (Lipinski definition) is 2. The molecule has 104 valence electrons. The summed E-state index contributed by atoms with van der Waals surface area (Å²) in [6.45, 7) is 3.91. The minimum absolute atomic E-state index is 0. The summed E-state index contributed by atoms with van der Waals surface area (Å²) < 4.78 is 0. The van der Waals surface area contributed by atoms with Gasteiger partial charge in [-0.2, -0.15) is 0 Å². The Morgan fingerprint density at radius 2 is 2.11 bits per heavy atom. The third-order valence-electron chi connectivity index (χ3n) is 3.86. The molecule has 4 heteroatoms. The fourth-order valence-corrected chi connectivity index (χ4v) is 2.66. The number of benzene rings is 1. The summed E-state index contributed by atoms with van der Waals surface area (Å²) in [4.78, 5) is 12.1. The number of halogens is 1. The third-order valence-corrected chi connectivity index (χ3v) is 3.86. The Balaban J connectivity index is 0.00000133. The molecule has 0 aromatic heterocycles. The zero-order chi connectivity index (χ0) is 12.5. The number of amides is 1. The number of carbonyl (C=O) groups is 1. The van der Waals surface area contributed by atoms with E-state index in [1.807, 2.05) is 12.1 Å². The average Bonchev–Trinajstić information content (AvgIpc) is 3.03. The van der Waals surface area contributed by atoms with Gasteiger partial charge in [0.25, 0.3) is 5.91 Å². The summed E-state index contributed by atoms with van der Waals surface area (Å²) in [6, 6.07) is 6.31. The van der Waals surface area contributed by atoms with E-state index in [9.17, 15) is 4.79 Å². The van der Waals surface area contributed by atoms with Crippen LogP contribution in [0.3, 0.4) is 0 Å². The lowest BCUT2D eigenvalue weighted by Gasteiger charge is -2.13. The molecule has 1 amide bonds. The Morgan fingerprint density at radius 1 is 1.37 bits per heavy atom. The maximum Gasteiger partial charge on any atom is 0.251 e. The fraction of sp³-hybridized carbons (Fsp3) is 0.533. The molecule has 1 fully saturated rings. The summed E-state index contributed by atoms with van der Waals surface area (Å²) in [5, 5.41) is 6.40. The molecule has 1 atom stereocenters. The van der Waals surface area contributed by atoms with Crippen LogP contribution in [0.1, 0.15) is 47.7 Å². The number of rotatable bonds is 4. The molecule has 3 nitrogen and oxygen atoms in total. The topological polar surface area (TPSA) is 41.1 Å². The summed E-state index contributed by atoms with van der Waals surface area (Å²) in [7, 11) is 0. The van der Waals surface area contributed by atoms with E-state index in [2.05, 4.69) is 23.6 Å². The quantitative estimate of drug-likeness (QED) is 0.890. The minimum atomic E-state index is 0. The number of hydrogen-bond donors (Lipinski definition) is 2.